The lowest BCUT2D eigenvalue weighted by Gasteiger charge is -2.42. The van der Waals surface area contributed by atoms with Crippen LogP contribution >= 0.6 is 0 Å². The molecule has 0 saturated carbocycles. The molecule has 3 rings (SSSR count). The zero-order chi connectivity index (χ0) is 16.1. The lowest BCUT2D eigenvalue weighted by atomic mass is 9.93. The molecule has 2 aromatic rings. The summed E-state index contributed by atoms with van der Waals surface area (Å²) in [4.78, 5) is 2.65. The monoisotopic (exact) mass is 308 g/mol. The van der Waals surface area contributed by atoms with E-state index in [9.17, 15) is 0 Å². The van der Waals surface area contributed by atoms with E-state index in [1.54, 1.807) is 0 Å². The first kappa shape index (κ1) is 16.2. The van der Waals surface area contributed by atoms with Crippen molar-refractivity contribution in [3.05, 3.63) is 71.8 Å². The summed E-state index contributed by atoms with van der Waals surface area (Å²) in [6.45, 7) is 7.82. The Hall–Kier alpha value is -1.64. The average Bonchev–Trinajstić information content (AvgIpc) is 2.62. The Morgan fingerprint density at radius 2 is 1.70 bits per heavy atom. The predicted molar refractivity (Wildman–Crippen MR) is 97.3 cm³/mol. The van der Waals surface area contributed by atoms with E-state index < -0.39 is 0 Å². The maximum Gasteiger partial charge on any atom is 0.0476 e. The molecule has 2 nitrogen and oxygen atoms in total. The maximum absolute atomic E-state index is 3.79. The number of hydrogen-bond donors (Lipinski definition) is 1. The van der Waals surface area contributed by atoms with E-state index in [0.717, 1.165) is 19.6 Å². The Balaban J connectivity index is 1.80. The molecule has 3 unspecified atom stereocenters. The largest absolute Gasteiger partial charge is 0.311 e. The van der Waals surface area contributed by atoms with Crippen molar-refractivity contribution in [2.45, 2.75) is 38.9 Å². The van der Waals surface area contributed by atoms with Crippen LogP contribution in [0.5, 0.6) is 0 Å². The van der Waals surface area contributed by atoms with Gasteiger partial charge in [-0.3, -0.25) is 4.90 Å². The van der Waals surface area contributed by atoms with Crippen LogP contribution in [0.1, 0.15) is 37.4 Å². The minimum Gasteiger partial charge on any atom is -0.311 e. The molecule has 0 radical (unpaired) electrons. The first-order chi connectivity index (χ1) is 11.3. The third-order valence-corrected chi connectivity index (χ3v) is 5.19. The van der Waals surface area contributed by atoms with Crippen molar-refractivity contribution < 1.29 is 0 Å². The Bertz CT molecular complexity index is 581. The van der Waals surface area contributed by atoms with E-state index in [4.69, 9.17) is 0 Å². The van der Waals surface area contributed by atoms with Gasteiger partial charge < -0.3 is 5.32 Å². The molecule has 1 aliphatic heterocycles. The maximum atomic E-state index is 3.79. The number of piperazine rings is 1. The molecule has 1 aliphatic rings. The van der Waals surface area contributed by atoms with Crippen LogP contribution in [0.25, 0.3) is 0 Å². The first-order valence-electron chi connectivity index (χ1n) is 8.84. The van der Waals surface area contributed by atoms with Crippen LogP contribution in [0, 0.1) is 5.92 Å². The van der Waals surface area contributed by atoms with Crippen LogP contribution < -0.4 is 5.32 Å². The van der Waals surface area contributed by atoms with Crippen molar-refractivity contribution in [2.75, 3.05) is 13.1 Å². The standard InChI is InChI=1S/C21H28N2/c1-3-17(2)20-16-23(15-18-10-6-4-7-11-18)21(14-22-20)19-12-8-5-9-13-19/h4-13,17,20-22H,3,14-16H2,1-2H3. The Labute approximate surface area is 140 Å². The van der Waals surface area contributed by atoms with Crippen molar-refractivity contribution >= 4 is 0 Å². The second-order valence-electron chi connectivity index (χ2n) is 6.74. The first-order valence-corrected chi connectivity index (χ1v) is 8.84. The number of nitrogens with zero attached hydrogens (tertiary/aromatic N) is 1. The number of rotatable bonds is 5. The van der Waals surface area contributed by atoms with E-state index in [1.807, 2.05) is 0 Å². The predicted octanol–water partition coefficient (Wildman–Crippen LogP) is 4.25. The molecule has 122 valence electrons. The summed E-state index contributed by atoms with van der Waals surface area (Å²) in [6, 6.07) is 22.8. The van der Waals surface area contributed by atoms with Crippen molar-refractivity contribution in [1.82, 2.24) is 10.2 Å². The van der Waals surface area contributed by atoms with Crippen LogP contribution in [0.2, 0.25) is 0 Å². The van der Waals surface area contributed by atoms with Gasteiger partial charge in [-0.15, -0.1) is 0 Å². The van der Waals surface area contributed by atoms with Gasteiger partial charge in [0.2, 0.25) is 0 Å². The van der Waals surface area contributed by atoms with E-state index in [1.165, 1.54) is 17.5 Å². The fourth-order valence-corrected chi connectivity index (χ4v) is 3.50. The summed E-state index contributed by atoms with van der Waals surface area (Å²) in [5.41, 5.74) is 2.82. The van der Waals surface area contributed by atoms with Crippen molar-refractivity contribution in [2.24, 2.45) is 5.92 Å². The quantitative estimate of drug-likeness (QED) is 0.888. The summed E-state index contributed by atoms with van der Waals surface area (Å²) in [7, 11) is 0. The molecule has 23 heavy (non-hydrogen) atoms. The average molecular weight is 308 g/mol. The molecule has 0 amide bonds. The highest BCUT2D eigenvalue weighted by molar-refractivity contribution is 5.22. The number of hydrogen-bond acceptors (Lipinski definition) is 2. The molecule has 1 N–H and O–H groups in total. The lowest BCUT2D eigenvalue weighted by Crippen LogP contribution is -2.54. The van der Waals surface area contributed by atoms with E-state index >= 15 is 0 Å². The van der Waals surface area contributed by atoms with Gasteiger partial charge in [0, 0.05) is 31.7 Å². The van der Waals surface area contributed by atoms with Crippen molar-refractivity contribution in [3.8, 4) is 0 Å². The Morgan fingerprint density at radius 3 is 2.35 bits per heavy atom. The van der Waals surface area contributed by atoms with E-state index in [0.29, 0.717) is 18.0 Å². The molecule has 2 heteroatoms. The van der Waals surface area contributed by atoms with Crippen molar-refractivity contribution in [1.29, 1.82) is 0 Å². The van der Waals surface area contributed by atoms with Gasteiger partial charge in [0.25, 0.3) is 0 Å². The van der Waals surface area contributed by atoms with Gasteiger partial charge >= 0.3 is 0 Å². The highest BCUT2D eigenvalue weighted by atomic mass is 15.2. The van der Waals surface area contributed by atoms with Crippen LogP contribution in [0.3, 0.4) is 0 Å². The summed E-state index contributed by atoms with van der Waals surface area (Å²) in [5.74, 6) is 0.713. The highest BCUT2D eigenvalue weighted by Gasteiger charge is 2.30. The van der Waals surface area contributed by atoms with Gasteiger partial charge in [0.1, 0.15) is 0 Å². The number of nitrogens with one attached hydrogen (secondary N) is 1. The summed E-state index contributed by atoms with van der Waals surface area (Å²) >= 11 is 0. The van der Waals surface area contributed by atoms with Crippen LogP contribution in [0.15, 0.2) is 60.7 Å². The fraction of sp³-hybridized carbons (Fsp3) is 0.429. The molecule has 1 saturated heterocycles. The second kappa shape index (κ2) is 7.76. The molecule has 1 fully saturated rings. The minimum atomic E-state index is 0.455. The van der Waals surface area contributed by atoms with Crippen LogP contribution in [-0.4, -0.2) is 24.0 Å². The zero-order valence-electron chi connectivity index (χ0n) is 14.3. The van der Waals surface area contributed by atoms with Gasteiger partial charge in [0.05, 0.1) is 0 Å². The summed E-state index contributed by atoms with van der Waals surface area (Å²) < 4.78 is 0. The summed E-state index contributed by atoms with van der Waals surface area (Å²) in [5, 5.41) is 3.79. The zero-order valence-corrected chi connectivity index (χ0v) is 14.3. The molecule has 0 bridgehead atoms. The normalized spacial score (nSPS) is 23.6. The lowest BCUT2D eigenvalue weighted by molar-refractivity contribution is 0.102. The summed E-state index contributed by atoms with van der Waals surface area (Å²) in [6.07, 6.45) is 1.23. The molecule has 1 heterocycles. The Kier molecular flexibility index (Phi) is 5.47. The van der Waals surface area contributed by atoms with Gasteiger partial charge in [-0.25, -0.2) is 0 Å². The minimum absolute atomic E-state index is 0.455. The van der Waals surface area contributed by atoms with E-state index in [2.05, 4.69) is 84.7 Å². The highest BCUT2D eigenvalue weighted by Crippen LogP contribution is 2.27. The third kappa shape index (κ3) is 4.01. The second-order valence-corrected chi connectivity index (χ2v) is 6.74. The molecule has 0 aromatic heterocycles. The van der Waals surface area contributed by atoms with Gasteiger partial charge in [-0.05, 0) is 17.0 Å². The van der Waals surface area contributed by atoms with Crippen LogP contribution in [-0.2, 0) is 6.54 Å². The molecular formula is C21H28N2. The fourth-order valence-electron chi connectivity index (χ4n) is 3.50. The molecule has 3 atom stereocenters. The topological polar surface area (TPSA) is 15.3 Å². The SMILES string of the molecule is CCC(C)C1CN(Cc2ccccc2)C(c2ccccc2)CN1. The van der Waals surface area contributed by atoms with Gasteiger partial charge in [-0.1, -0.05) is 80.9 Å². The molecule has 0 spiro atoms. The number of benzene rings is 2. The van der Waals surface area contributed by atoms with E-state index in [-0.39, 0.29) is 0 Å². The third-order valence-electron chi connectivity index (χ3n) is 5.19. The molecule has 2 aromatic carbocycles. The molecule has 0 aliphatic carbocycles. The van der Waals surface area contributed by atoms with Crippen LogP contribution in [0.4, 0.5) is 0 Å². The van der Waals surface area contributed by atoms with Gasteiger partial charge in [-0.2, -0.15) is 0 Å². The molecular weight excluding hydrogens is 280 g/mol. The Morgan fingerprint density at radius 1 is 1.04 bits per heavy atom. The van der Waals surface area contributed by atoms with Gasteiger partial charge in [0.15, 0.2) is 0 Å². The van der Waals surface area contributed by atoms with Crippen molar-refractivity contribution in [3.63, 3.8) is 0 Å². The smallest absolute Gasteiger partial charge is 0.0476 e.